The number of halogens is 1. The van der Waals surface area contributed by atoms with Gasteiger partial charge in [0.15, 0.2) is 5.69 Å². The third-order valence-corrected chi connectivity index (χ3v) is 2.24. The first-order chi connectivity index (χ1) is 6.96. The summed E-state index contributed by atoms with van der Waals surface area (Å²) < 4.78 is 28.5. The van der Waals surface area contributed by atoms with Crippen LogP contribution in [0, 0.1) is 6.57 Å². The summed E-state index contributed by atoms with van der Waals surface area (Å²) >= 11 is 0. The van der Waals surface area contributed by atoms with E-state index in [2.05, 4.69) is 9.57 Å². The van der Waals surface area contributed by atoms with E-state index in [9.17, 15) is 8.42 Å². The van der Waals surface area contributed by atoms with Crippen LogP contribution in [0.25, 0.3) is 4.85 Å². The van der Waals surface area contributed by atoms with Gasteiger partial charge in [-0.05, 0) is 12.1 Å². The van der Waals surface area contributed by atoms with Crippen molar-refractivity contribution in [2.75, 3.05) is 11.8 Å². The lowest BCUT2D eigenvalue weighted by atomic mass is 10.2. The van der Waals surface area contributed by atoms with Gasteiger partial charge in [-0.1, -0.05) is 6.07 Å². The second-order valence-electron chi connectivity index (χ2n) is 2.54. The molecule has 0 radical (unpaired) electrons. The molecule has 0 bridgehead atoms. The highest BCUT2D eigenvalue weighted by Gasteiger charge is 2.10. The van der Waals surface area contributed by atoms with E-state index in [1.54, 1.807) is 0 Å². The van der Waals surface area contributed by atoms with Gasteiger partial charge in [0.2, 0.25) is 0 Å². The maximum Gasteiger partial charge on any atom is 0.319 e. The van der Waals surface area contributed by atoms with Crippen LogP contribution in [0.1, 0.15) is 0 Å². The molecule has 0 aliphatic rings. The highest BCUT2D eigenvalue weighted by atomic mass is 35.7. The van der Waals surface area contributed by atoms with Gasteiger partial charge in [0.25, 0.3) is 0 Å². The lowest BCUT2D eigenvalue weighted by Crippen LogP contribution is -2.05. The SMILES string of the molecule is [C-]#[N+]c1ccc(NS(=O)(=O)Cl)c(OC)c1. The van der Waals surface area contributed by atoms with Crippen molar-refractivity contribution in [3.05, 3.63) is 29.6 Å². The molecular weight excluding hydrogens is 240 g/mol. The molecule has 0 amide bonds. The number of anilines is 1. The van der Waals surface area contributed by atoms with Crippen LogP contribution in [0.15, 0.2) is 18.2 Å². The van der Waals surface area contributed by atoms with E-state index in [-0.39, 0.29) is 11.4 Å². The fourth-order valence-electron chi connectivity index (χ4n) is 0.965. The minimum absolute atomic E-state index is 0.194. The van der Waals surface area contributed by atoms with E-state index in [1.165, 1.54) is 25.3 Å². The predicted octanol–water partition coefficient (Wildman–Crippen LogP) is 2.14. The zero-order valence-electron chi connectivity index (χ0n) is 7.69. The molecule has 0 saturated carbocycles. The summed E-state index contributed by atoms with van der Waals surface area (Å²) in [7, 11) is 2.52. The Morgan fingerprint density at radius 3 is 2.67 bits per heavy atom. The molecule has 15 heavy (non-hydrogen) atoms. The van der Waals surface area contributed by atoms with E-state index in [0.717, 1.165) is 0 Å². The molecule has 1 aromatic carbocycles. The maximum atomic E-state index is 10.8. The molecule has 0 unspecified atom stereocenters. The van der Waals surface area contributed by atoms with Crippen LogP contribution in [0.3, 0.4) is 0 Å². The molecule has 1 rings (SSSR count). The van der Waals surface area contributed by atoms with Crippen LogP contribution >= 0.6 is 10.7 Å². The molecule has 0 aliphatic carbocycles. The number of benzene rings is 1. The van der Waals surface area contributed by atoms with Gasteiger partial charge in [-0.2, -0.15) is 8.42 Å². The summed E-state index contributed by atoms with van der Waals surface area (Å²) in [5.74, 6) is 0.243. The first-order valence-corrected chi connectivity index (χ1v) is 6.05. The van der Waals surface area contributed by atoms with E-state index in [0.29, 0.717) is 5.69 Å². The van der Waals surface area contributed by atoms with Crippen molar-refractivity contribution in [3.63, 3.8) is 0 Å². The van der Waals surface area contributed by atoms with Gasteiger partial charge in [0.1, 0.15) is 5.75 Å². The van der Waals surface area contributed by atoms with Crippen molar-refractivity contribution in [3.8, 4) is 5.75 Å². The van der Waals surface area contributed by atoms with Gasteiger partial charge in [-0.15, -0.1) is 0 Å². The smallest absolute Gasteiger partial charge is 0.319 e. The molecule has 7 heteroatoms. The van der Waals surface area contributed by atoms with Crippen molar-refractivity contribution < 1.29 is 13.2 Å². The second-order valence-corrected chi connectivity index (χ2v) is 4.83. The topological polar surface area (TPSA) is 59.8 Å². The molecule has 80 valence electrons. The summed E-state index contributed by atoms with van der Waals surface area (Å²) in [4.78, 5) is 3.18. The number of methoxy groups -OCH3 is 1. The molecule has 1 N–H and O–H groups in total. The Labute approximate surface area is 92.0 Å². The van der Waals surface area contributed by atoms with Crippen molar-refractivity contribution in [1.29, 1.82) is 0 Å². The van der Waals surface area contributed by atoms with Gasteiger partial charge in [-0.3, -0.25) is 4.72 Å². The third kappa shape index (κ3) is 3.31. The van der Waals surface area contributed by atoms with Crippen LogP contribution in [-0.4, -0.2) is 15.5 Å². The molecule has 0 atom stereocenters. The van der Waals surface area contributed by atoms with Gasteiger partial charge in [-0.25, -0.2) is 4.85 Å². The van der Waals surface area contributed by atoms with Crippen LogP contribution in [0.5, 0.6) is 5.75 Å². The molecular formula is C8H7ClN2O3S. The number of hydrogen-bond acceptors (Lipinski definition) is 3. The molecule has 5 nitrogen and oxygen atoms in total. The number of nitrogens with one attached hydrogen (secondary N) is 1. The number of nitrogens with zero attached hydrogens (tertiary/aromatic N) is 1. The molecule has 0 fully saturated rings. The molecule has 0 aliphatic heterocycles. The first kappa shape index (κ1) is 11.6. The Kier molecular flexibility index (Phi) is 3.39. The normalized spacial score (nSPS) is 10.5. The Hall–Kier alpha value is -1.45. The summed E-state index contributed by atoms with van der Waals surface area (Å²) in [5.41, 5.74) is 0.546. The number of rotatable bonds is 3. The van der Waals surface area contributed by atoms with Crippen LogP contribution < -0.4 is 9.46 Å². The lowest BCUT2D eigenvalue weighted by Gasteiger charge is -2.08. The number of hydrogen-bond donors (Lipinski definition) is 1. The Morgan fingerprint density at radius 1 is 1.53 bits per heavy atom. The van der Waals surface area contributed by atoms with Crippen molar-refractivity contribution in [2.45, 2.75) is 0 Å². The summed E-state index contributed by atoms with van der Waals surface area (Å²) in [6, 6.07) is 4.28. The fraction of sp³-hybridized carbons (Fsp3) is 0.125. The fourth-order valence-corrected chi connectivity index (χ4v) is 1.65. The predicted molar refractivity (Wildman–Crippen MR) is 57.7 cm³/mol. The average molecular weight is 247 g/mol. The van der Waals surface area contributed by atoms with Gasteiger partial charge in [0.05, 0.1) is 19.4 Å². The minimum atomic E-state index is -3.86. The van der Waals surface area contributed by atoms with Crippen molar-refractivity contribution in [2.24, 2.45) is 0 Å². The Morgan fingerprint density at radius 2 is 2.20 bits per heavy atom. The average Bonchev–Trinajstić information content (AvgIpc) is 2.16. The summed E-state index contributed by atoms with van der Waals surface area (Å²) in [6.45, 7) is 6.77. The second kappa shape index (κ2) is 4.38. The van der Waals surface area contributed by atoms with E-state index >= 15 is 0 Å². The zero-order valence-corrected chi connectivity index (χ0v) is 9.26. The Bertz CT molecular complexity index is 507. The Balaban J connectivity index is 3.15. The molecule has 0 spiro atoms. The molecule has 0 heterocycles. The van der Waals surface area contributed by atoms with Crippen molar-refractivity contribution >= 4 is 31.3 Å². The summed E-state index contributed by atoms with van der Waals surface area (Å²) in [5, 5.41) is 0. The van der Waals surface area contributed by atoms with Gasteiger partial charge >= 0.3 is 9.24 Å². The number of ether oxygens (including phenoxy) is 1. The third-order valence-electron chi connectivity index (χ3n) is 1.55. The minimum Gasteiger partial charge on any atom is -0.496 e. The monoisotopic (exact) mass is 246 g/mol. The highest BCUT2D eigenvalue weighted by Crippen LogP contribution is 2.30. The summed E-state index contributed by atoms with van der Waals surface area (Å²) in [6.07, 6.45) is 0. The van der Waals surface area contributed by atoms with Crippen LogP contribution in [0.4, 0.5) is 11.4 Å². The van der Waals surface area contributed by atoms with Crippen LogP contribution in [0.2, 0.25) is 0 Å². The van der Waals surface area contributed by atoms with Crippen LogP contribution in [-0.2, 0) is 9.24 Å². The quantitative estimate of drug-likeness (QED) is 0.657. The first-order valence-electron chi connectivity index (χ1n) is 3.74. The highest BCUT2D eigenvalue weighted by molar-refractivity contribution is 8.14. The molecule has 1 aromatic rings. The van der Waals surface area contributed by atoms with Gasteiger partial charge < -0.3 is 4.74 Å². The molecule has 0 aromatic heterocycles. The largest absolute Gasteiger partial charge is 0.496 e. The van der Waals surface area contributed by atoms with Gasteiger partial charge in [0, 0.05) is 10.7 Å². The zero-order chi connectivity index (χ0) is 11.5. The van der Waals surface area contributed by atoms with E-state index in [4.69, 9.17) is 22.0 Å². The maximum absolute atomic E-state index is 10.8. The van der Waals surface area contributed by atoms with E-state index in [1.807, 2.05) is 0 Å². The van der Waals surface area contributed by atoms with E-state index < -0.39 is 9.24 Å². The lowest BCUT2D eigenvalue weighted by molar-refractivity contribution is 0.417. The standard InChI is InChI=1S/C8H7ClN2O3S/c1-10-6-3-4-7(8(5-6)14-2)11-15(9,12)13/h3-5,11H,2H3. The molecule has 0 saturated heterocycles. The van der Waals surface area contributed by atoms with Crippen molar-refractivity contribution in [1.82, 2.24) is 0 Å².